The van der Waals surface area contributed by atoms with E-state index in [-0.39, 0.29) is 11.8 Å². The Morgan fingerprint density at radius 2 is 2.27 bits per heavy atom. The summed E-state index contributed by atoms with van der Waals surface area (Å²) in [6.45, 7) is 7.37. The lowest BCUT2D eigenvalue weighted by Crippen LogP contribution is -2.33. The van der Waals surface area contributed by atoms with Crippen molar-refractivity contribution in [1.82, 2.24) is 5.32 Å². The predicted octanol–water partition coefficient (Wildman–Crippen LogP) is 0.305. The van der Waals surface area contributed by atoms with Crippen molar-refractivity contribution in [2.24, 2.45) is 5.92 Å². The van der Waals surface area contributed by atoms with Crippen molar-refractivity contribution in [3.05, 3.63) is 12.7 Å². The summed E-state index contributed by atoms with van der Waals surface area (Å²) in [4.78, 5) is 10.6. The number of aliphatic hydroxyl groups excluding tert-OH is 1. The van der Waals surface area contributed by atoms with Gasteiger partial charge < -0.3 is 10.4 Å². The maximum Gasteiger partial charge on any atom is 0.243 e. The molecule has 0 radical (unpaired) electrons. The SMILES string of the molecule is C=CC(=O)NCC(O)C(C)C. The Morgan fingerprint density at radius 1 is 1.73 bits per heavy atom. The number of carbonyl (C=O) groups excluding carboxylic acids is 1. The van der Waals surface area contributed by atoms with E-state index >= 15 is 0 Å². The normalized spacial score (nSPS) is 12.7. The van der Waals surface area contributed by atoms with Crippen LogP contribution < -0.4 is 5.32 Å². The Kier molecular flexibility index (Phi) is 4.54. The van der Waals surface area contributed by atoms with Gasteiger partial charge in [0, 0.05) is 6.54 Å². The van der Waals surface area contributed by atoms with Crippen LogP contribution >= 0.6 is 0 Å². The number of aliphatic hydroxyl groups is 1. The number of carbonyl (C=O) groups is 1. The van der Waals surface area contributed by atoms with Gasteiger partial charge in [0.25, 0.3) is 0 Å². The van der Waals surface area contributed by atoms with Gasteiger partial charge in [-0.2, -0.15) is 0 Å². The highest BCUT2D eigenvalue weighted by atomic mass is 16.3. The molecule has 0 heterocycles. The van der Waals surface area contributed by atoms with Gasteiger partial charge in [0.15, 0.2) is 0 Å². The second-order valence-electron chi connectivity index (χ2n) is 2.76. The lowest BCUT2D eigenvalue weighted by Gasteiger charge is -2.13. The summed E-state index contributed by atoms with van der Waals surface area (Å²) < 4.78 is 0. The minimum atomic E-state index is -0.473. The molecule has 0 aliphatic heterocycles. The molecule has 0 aliphatic rings. The van der Waals surface area contributed by atoms with E-state index in [1.165, 1.54) is 6.08 Å². The van der Waals surface area contributed by atoms with Gasteiger partial charge in [-0.3, -0.25) is 4.79 Å². The topological polar surface area (TPSA) is 49.3 Å². The molecule has 0 fully saturated rings. The predicted molar refractivity (Wildman–Crippen MR) is 44.1 cm³/mol. The molecule has 3 heteroatoms. The van der Waals surface area contributed by atoms with E-state index in [1.54, 1.807) is 0 Å². The zero-order valence-corrected chi connectivity index (χ0v) is 7.00. The lowest BCUT2D eigenvalue weighted by molar-refractivity contribution is -0.117. The lowest BCUT2D eigenvalue weighted by atomic mass is 10.1. The van der Waals surface area contributed by atoms with E-state index in [4.69, 9.17) is 0 Å². The molecule has 0 rings (SSSR count). The summed E-state index contributed by atoms with van der Waals surface area (Å²) in [5.74, 6) is -0.0789. The van der Waals surface area contributed by atoms with Crippen LogP contribution in [0.1, 0.15) is 13.8 Å². The largest absolute Gasteiger partial charge is 0.391 e. The van der Waals surface area contributed by atoms with Crippen LogP contribution in [-0.4, -0.2) is 23.7 Å². The van der Waals surface area contributed by atoms with Gasteiger partial charge in [0.1, 0.15) is 0 Å². The molecule has 0 aromatic carbocycles. The minimum Gasteiger partial charge on any atom is -0.391 e. The standard InChI is InChI=1S/C8H15NO2/c1-4-8(11)9-5-7(10)6(2)3/h4,6-7,10H,1,5H2,2-3H3,(H,9,11). The van der Waals surface area contributed by atoms with Crippen LogP contribution in [0, 0.1) is 5.92 Å². The molecule has 1 atom stereocenters. The van der Waals surface area contributed by atoms with E-state index < -0.39 is 6.10 Å². The monoisotopic (exact) mass is 157 g/mol. The van der Waals surface area contributed by atoms with E-state index in [2.05, 4.69) is 11.9 Å². The van der Waals surface area contributed by atoms with E-state index in [0.29, 0.717) is 6.54 Å². The van der Waals surface area contributed by atoms with Crippen molar-refractivity contribution in [3.8, 4) is 0 Å². The van der Waals surface area contributed by atoms with Crippen LogP contribution in [0.5, 0.6) is 0 Å². The summed E-state index contributed by atoms with van der Waals surface area (Å²) >= 11 is 0. The first kappa shape index (κ1) is 10.2. The third-order valence-electron chi connectivity index (χ3n) is 1.44. The van der Waals surface area contributed by atoms with Crippen LogP contribution in [0.15, 0.2) is 12.7 Å². The number of hydrogen-bond donors (Lipinski definition) is 2. The molecule has 2 N–H and O–H groups in total. The Balaban J connectivity index is 3.53. The summed E-state index contributed by atoms with van der Waals surface area (Å²) in [6, 6.07) is 0. The molecule has 0 saturated carbocycles. The first-order chi connectivity index (χ1) is 5.07. The molecular weight excluding hydrogens is 142 g/mol. The van der Waals surface area contributed by atoms with Crippen LogP contribution in [0.3, 0.4) is 0 Å². The number of rotatable bonds is 4. The average molecular weight is 157 g/mol. The fourth-order valence-corrected chi connectivity index (χ4v) is 0.513. The molecule has 1 amide bonds. The van der Waals surface area contributed by atoms with Gasteiger partial charge in [-0.1, -0.05) is 20.4 Å². The molecule has 0 spiro atoms. The van der Waals surface area contributed by atoms with Gasteiger partial charge in [0.05, 0.1) is 6.10 Å². The van der Waals surface area contributed by atoms with E-state index in [9.17, 15) is 9.90 Å². The molecule has 11 heavy (non-hydrogen) atoms. The maximum atomic E-state index is 10.6. The highest BCUT2D eigenvalue weighted by molar-refractivity contribution is 5.86. The van der Waals surface area contributed by atoms with Crippen molar-refractivity contribution in [1.29, 1.82) is 0 Å². The number of nitrogens with one attached hydrogen (secondary N) is 1. The molecular formula is C8H15NO2. The van der Waals surface area contributed by atoms with Gasteiger partial charge >= 0.3 is 0 Å². The van der Waals surface area contributed by atoms with Crippen molar-refractivity contribution < 1.29 is 9.90 Å². The summed E-state index contributed by atoms with van der Waals surface area (Å²) in [6.07, 6.45) is 0.714. The minimum absolute atomic E-state index is 0.167. The molecule has 3 nitrogen and oxygen atoms in total. The van der Waals surface area contributed by atoms with Crippen molar-refractivity contribution in [2.75, 3.05) is 6.54 Å². The Labute approximate surface area is 67.1 Å². The zero-order chi connectivity index (χ0) is 8.85. The van der Waals surface area contributed by atoms with Gasteiger partial charge in [0.2, 0.25) is 5.91 Å². The maximum absolute atomic E-state index is 10.6. The fraction of sp³-hybridized carbons (Fsp3) is 0.625. The van der Waals surface area contributed by atoms with Crippen LogP contribution in [-0.2, 0) is 4.79 Å². The first-order valence-corrected chi connectivity index (χ1v) is 3.66. The molecule has 0 aliphatic carbocycles. The van der Waals surface area contributed by atoms with Gasteiger partial charge in [-0.05, 0) is 12.0 Å². The fourth-order valence-electron chi connectivity index (χ4n) is 0.513. The second-order valence-corrected chi connectivity index (χ2v) is 2.76. The molecule has 0 aromatic heterocycles. The van der Waals surface area contributed by atoms with Crippen molar-refractivity contribution in [3.63, 3.8) is 0 Å². The quantitative estimate of drug-likeness (QED) is 0.577. The Bertz CT molecular complexity index is 143. The van der Waals surface area contributed by atoms with Crippen molar-refractivity contribution in [2.45, 2.75) is 20.0 Å². The Hall–Kier alpha value is -0.830. The highest BCUT2D eigenvalue weighted by Crippen LogP contribution is 1.98. The first-order valence-electron chi connectivity index (χ1n) is 3.66. The zero-order valence-electron chi connectivity index (χ0n) is 7.00. The van der Waals surface area contributed by atoms with Crippen LogP contribution in [0.2, 0.25) is 0 Å². The summed E-state index contributed by atoms with van der Waals surface area (Å²) in [7, 11) is 0. The van der Waals surface area contributed by atoms with E-state index in [0.717, 1.165) is 0 Å². The van der Waals surface area contributed by atoms with Crippen LogP contribution in [0.4, 0.5) is 0 Å². The van der Waals surface area contributed by atoms with E-state index in [1.807, 2.05) is 13.8 Å². The van der Waals surface area contributed by atoms with Gasteiger partial charge in [-0.15, -0.1) is 0 Å². The second kappa shape index (κ2) is 4.91. The third-order valence-corrected chi connectivity index (χ3v) is 1.44. The molecule has 0 aromatic rings. The molecule has 0 saturated heterocycles. The molecule has 0 bridgehead atoms. The van der Waals surface area contributed by atoms with Crippen LogP contribution in [0.25, 0.3) is 0 Å². The summed E-state index contributed by atoms with van der Waals surface area (Å²) in [5.41, 5.74) is 0. The highest BCUT2D eigenvalue weighted by Gasteiger charge is 2.08. The molecule has 1 unspecified atom stereocenters. The smallest absolute Gasteiger partial charge is 0.243 e. The molecule has 64 valence electrons. The third kappa shape index (κ3) is 4.56. The summed E-state index contributed by atoms with van der Waals surface area (Å²) in [5, 5.41) is 11.7. The van der Waals surface area contributed by atoms with Gasteiger partial charge in [-0.25, -0.2) is 0 Å². The Morgan fingerprint density at radius 3 is 2.64 bits per heavy atom. The number of amides is 1. The number of hydrogen-bond acceptors (Lipinski definition) is 2. The average Bonchev–Trinajstić information content (AvgIpc) is 1.99. The van der Waals surface area contributed by atoms with Crippen molar-refractivity contribution >= 4 is 5.91 Å².